The van der Waals surface area contributed by atoms with Crippen LogP contribution in [0.3, 0.4) is 0 Å². The van der Waals surface area contributed by atoms with Gasteiger partial charge in [-0.1, -0.05) is 0 Å². The Morgan fingerprint density at radius 1 is 1.21 bits per heavy atom. The Morgan fingerprint density at radius 3 is 2.50 bits per heavy atom. The average Bonchev–Trinajstić information content (AvgIpc) is 3.11. The molecule has 1 aliphatic heterocycles. The number of amidine groups is 1. The van der Waals surface area contributed by atoms with E-state index in [1.165, 1.54) is 18.9 Å². The number of benzene rings is 1. The minimum Gasteiger partial charge on any atom is -0.465 e. The lowest BCUT2D eigenvalue weighted by Crippen LogP contribution is -2.23. The largest absolute Gasteiger partial charge is 0.465 e. The highest BCUT2D eigenvalue weighted by molar-refractivity contribution is 8.18. The number of methoxy groups -OCH3 is 1. The van der Waals surface area contributed by atoms with E-state index in [9.17, 15) is 9.59 Å². The van der Waals surface area contributed by atoms with Crippen molar-refractivity contribution in [3.05, 3.63) is 57.2 Å². The summed E-state index contributed by atoms with van der Waals surface area (Å²) < 4.78 is 6.93. The second-order valence-electron chi connectivity index (χ2n) is 6.64. The Kier molecular flexibility index (Phi) is 5.47. The fraction of sp³-hybridized carbons (Fsp3) is 0.286. The minimum absolute atomic E-state index is 0.0472. The number of aryl methyl sites for hydroxylation is 2. The normalized spacial score (nSPS) is 17.1. The number of likely N-dealkylation sites (N-methyl/N-ethyl adjacent to an activating group) is 1. The first-order valence-electron chi connectivity index (χ1n) is 8.81. The van der Waals surface area contributed by atoms with E-state index in [2.05, 4.69) is 15.6 Å². The number of rotatable bonds is 3. The van der Waals surface area contributed by atoms with Crippen molar-refractivity contribution in [2.45, 2.75) is 20.8 Å². The number of amides is 1. The van der Waals surface area contributed by atoms with Gasteiger partial charge in [0.1, 0.15) is 0 Å². The molecule has 0 aliphatic carbocycles. The van der Waals surface area contributed by atoms with Gasteiger partial charge in [-0.25, -0.2) is 4.79 Å². The van der Waals surface area contributed by atoms with Crippen molar-refractivity contribution in [1.82, 2.24) is 9.47 Å². The average molecular weight is 398 g/mol. The lowest BCUT2D eigenvalue weighted by Gasteiger charge is -2.14. The second-order valence-corrected chi connectivity index (χ2v) is 7.64. The van der Waals surface area contributed by atoms with Gasteiger partial charge in [0.2, 0.25) is 0 Å². The fourth-order valence-electron chi connectivity index (χ4n) is 3.35. The van der Waals surface area contributed by atoms with E-state index in [0.29, 0.717) is 15.6 Å². The molecule has 6 nitrogen and oxygen atoms in total. The number of aromatic nitrogens is 1. The van der Waals surface area contributed by atoms with Crippen molar-refractivity contribution in [1.29, 1.82) is 0 Å². The number of nitrogens with zero attached hydrogens (tertiary/aromatic N) is 3. The molecular formula is C21H23N3O3S. The molecule has 0 atom stereocenters. The van der Waals surface area contributed by atoms with Crippen LogP contribution in [0.4, 0.5) is 0 Å². The van der Waals surface area contributed by atoms with Gasteiger partial charge in [0.15, 0.2) is 5.17 Å². The maximum atomic E-state index is 12.4. The summed E-state index contributed by atoms with van der Waals surface area (Å²) in [6.45, 7) is 6.01. The maximum absolute atomic E-state index is 12.4. The van der Waals surface area contributed by atoms with Crippen LogP contribution in [-0.4, -0.2) is 47.7 Å². The van der Waals surface area contributed by atoms with Gasteiger partial charge in [-0.15, -0.1) is 0 Å². The molecule has 1 aromatic heterocycles. The zero-order chi connectivity index (χ0) is 20.6. The Balaban J connectivity index is 2.03. The quantitative estimate of drug-likeness (QED) is 0.585. The maximum Gasteiger partial charge on any atom is 0.337 e. The molecule has 1 saturated heterocycles. The molecule has 0 radical (unpaired) electrons. The van der Waals surface area contributed by atoms with Crippen molar-refractivity contribution >= 4 is 34.9 Å². The topological polar surface area (TPSA) is 63.9 Å². The van der Waals surface area contributed by atoms with Crippen LogP contribution < -0.4 is 0 Å². The molecule has 1 aliphatic rings. The van der Waals surface area contributed by atoms with Gasteiger partial charge in [0.25, 0.3) is 5.91 Å². The molecule has 2 heterocycles. The van der Waals surface area contributed by atoms with Gasteiger partial charge < -0.3 is 9.30 Å². The van der Waals surface area contributed by atoms with E-state index in [0.717, 1.165) is 28.2 Å². The van der Waals surface area contributed by atoms with Crippen molar-refractivity contribution < 1.29 is 14.3 Å². The molecule has 0 bridgehead atoms. The first kappa shape index (κ1) is 19.9. The third-order valence-corrected chi connectivity index (χ3v) is 5.96. The summed E-state index contributed by atoms with van der Waals surface area (Å²) in [4.78, 5) is 30.6. The lowest BCUT2D eigenvalue weighted by atomic mass is 10.1. The minimum atomic E-state index is -0.352. The molecule has 0 N–H and O–H groups in total. The van der Waals surface area contributed by atoms with Gasteiger partial charge in [-0.2, -0.15) is 0 Å². The summed E-state index contributed by atoms with van der Waals surface area (Å²) in [6, 6.07) is 7.57. The van der Waals surface area contributed by atoms with Gasteiger partial charge in [-0.05, 0) is 74.0 Å². The number of hydrogen-bond acceptors (Lipinski definition) is 5. The van der Waals surface area contributed by atoms with Gasteiger partial charge in [0.05, 0.1) is 17.6 Å². The van der Waals surface area contributed by atoms with E-state index in [1.54, 1.807) is 25.1 Å². The summed E-state index contributed by atoms with van der Waals surface area (Å²) in [5.74, 6) is -0.399. The van der Waals surface area contributed by atoms with Gasteiger partial charge in [-0.3, -0.25) is 14.7 Å². The van der Waals surface area contributed by atoms with Gasteiger partial charge in [0, 0.05) is 31.2 Å². The summed E-state index contributed by atoms with van der Waals surface area (Å²) in [7, 11) is 4.79. The smallest absolute Gasteiger partial charge is 0.337 e. The Bertz CT molecular complexity index is 1030. The van der Waals surface area contributed by atoms with Crippen LogP contribution in [0, 0.1) is 20.8 Å². The van der Waals surface area contributed by atoms with Crippen molar-refractivity contribution in [3.8, 4) is 5.69 Å². The number of ether oxygens (including phenoxy) is 1. The van der Waals surface area contributed by atoms with E-state index < -0.39 is 0 Å². The van der Waals surface area contributed by atoms with Crippen molar-refractivity contribution in [2.75, 3.05) is 21.2 Å². The highest BCUT2D eigenvalue weighted by Gasteiger charge is 2.30. The molecule has 1 aromatic carbocycles. The van der Waals surface area contributed by atoms with Crippen LogP contribution >= 0.6 is 11.8 Å². The predicted molar refractivity (Wildman–Crippen MR) is 113 cm³/mol. The number of aliphatic imine (C=N–C) groups is 1. The molecule has 3 rings (SSSR count). The molecule has 28 heavy (non-hydrogen) atoms. The first-order chi connectivity index (χ1) is 13.3. The molecule has 7 heteroatoms. The van der Waals surface area contributed by atoms with Crippen LogP contribution in [-0.2, 0) is 9.53 Å². The third kappa shape index (κ3) is 3.38. The molecule has 0 spiro atoms. The monoisotopic (exact) mass is 397 g/mol. The molecule has 0 saturated carbocycles. The second kappa shape index (κ2) is 7.67. The van der Waals surface area contributed by atoms with Crippen LogP contribution in [0.5, 0.6) is 0 Å². The third-order valence-electron chi connectivity index (χ3n) is 4.81. The highest BCUT2D eigenvalue weighted by Crippen LogP contribution is 2.33. The summed E-state index contributed by atoms with van der Waals surface area (Å²) in [6.07, 6.45) is 1.92. The van der Waals surface area contributed by atoms with Crippen LogP contribution in [0.2, 0.25) is 0 Å². The molecule has 2 aromatic rings. The Morgan fingerprint density at radius 2 is 1.93 bits per heavy atom. The van der Waals surface area contributed by atoms with Crippen LogP contribution in [0.15, 0.2) is 34.2 Å². The lowest BCUT2D eigenvalue weighted by molar-refractivity contribution is -0.121. The van der Waals surface area contributed by atoms with Crippen molar-refractivity contribution in [3.63, 3.8) is 0 Å². The molecule has 1 amide bonds. The van der Waals surface area contributed by atoms with E-state index >= 15 is 0 Å². The Hall–Kier alpha value is -2.80. The summed E-state index contributed by atoms with van der Waals surface area (Å²) in [5.41, 5.74) is 5.54. The number of carbonyl (C=O) groups excluding carboxylic acids is 2. The van der Waals surface area contributed by atoms with E-state index in [-0.39, 0.29) is 11.9 Å². The van der Waals surface area contributed by atoms with E-state index in [4.69, 9.17) is 4.74 Å². The highest BCUT2D eigenvalue weighted by atomic mass is 32.2. The van der Waals surface area contributed by atoms with Crippen molar-refractivity contribution in [2.24, 2.45) is 4.99 Å². The summed E-state index contributed by atoms with van der Waals surface area (Å²) >= 11 is 1.38. The van der Waals surface area contributed by atoms with Crippen LogP contribution in [0.1, 0.15) is 32.9 Å². The van der Waals surface area contributed by atoms with Gasteiger partial charge >= 0.3 is 5.97 Å². The number of thioether (sulfide) groups is 1. The molecule has 1 fully saturated rings. The molecule has 146 valence electrons. The number of esters is 1. The summed E-state index contributed by atoms with van der Waals surface area (Å²) in [5, 5.41) is 0.694. The van der Waals surface area contributed by atoms with Crippen LogP contribution in [0.25, 0.3) is 11.8 Å². The number of hydrogen-bond donors (Lipinski definition) is 0. The Labute approximate surface area is 168 Å². The van der Waals surface area contributed by atoms with E-state index in [1.807, 2.05) is 39.0 Å². The SMILES string of the molecule is CN=C1S/C(=C/c2cc(C)n(-c3ccc(C(=O)OC)cc3C)c2C)C(=O)N1C. The predicted octanol–water partition coefficient (Wildman–Crippen LogP) is 3.72. The fourth-order valence-corrected chi connectivity index (χ4v) is 4.26. The first-order valence-corrected chi connectivity index (χ1v) is 9.62. The molecule has 0 unspecified atom stereocenters. The standard InChI is InChI=1S/C21H23N3O3S/c1-12-9-15(20(26)27-6)7-8-17(12)24-13(2)10-16(14(24)3)11-18-19(25)23(5)21(22-4)28-18/h7-11H,1-6H3/b18-11+,22-21?. The zero-order valence-corrected chi connectivity index (χ0v) is 17.7. The zero-order valence-electron chi connectivity index (χ0n) is 16.9. The molecular weight excluding hydrogens is 374 g/mol. The number of carbonyl (C=O) groups is 2.